The molecule has 0 aliphatic carbocycles. The molecule has 0 unspecified atom stereocenters. The van der Waals surface area contributed by atoms with Gasteiger partial charge in [-0.25, -0.2) is 4.39 Å². The molecule has 0 aliphatic heterocycles. The summed E-state index contributed by atoms with van der Waals surface area (Å²) in [5, 5.41) is 19.8. The maximum absolute atomic E-state index is 14.0. The maximum Gasteiger partial charge on any atom is 0.176 e. The third-order valence-corrected chi connectivity index (χ3v) is 5.07. The number of aromatic nitrogens is 6. The Morgan fingerprint density at radius 2 is 1.90 bits per heavy atom. The molecule has 0 spiro atoms. The van der Waals surface area contributed by atoms with Gasteiger partial charge < -0.3 is 10.6 Å². The number of benzene rings is 1. The minimum absolute atomic E-state index is 0.217. The van der Waals surface area contributed by atoms with Gasteiger partial charge in [-0.3, -0.25) is 14.0 Å². The van der Waals surface area contributed by atoms with Crippen molar-refractivity contribution in [1.82, 2.24) is 29.3 Å². The summed E-state index contributed by atoms with van der Waals surface area (Å²) in [5.74, 6) is 0.165. The molecule has 0 atom stereocenters. The first-order valence-electron chi connectivity index (χ1n) is 9.58. The number of rotatable bonds is 7. The molecular formula is C20H20ClFN8S. The lowest BCUT2D eigenvalue weighted by molar-refractivity contribution is 0.586. The molecule has 0 aliphatic rings. The van der Waals surface area contributed by atoms with Crippen molar-refractivity contribution in [2.45, 2.75) is 26.6 Å². The molecule has 0 radical (unpaired) electrons. The van der Waals surface area contributed by atoms with E-state index in [-0.39, 0.29) is 12.4 Å². The Hall–Kier alpha value is -3.24. The third-order valence-electron chi connectivity index (χ3n) is 4.51. The molecule has 31 heavy (non-hydrogen) atoms. The van der Waals surface area contributed by atoms with E-state index in [9.17, 15) is 4.39 Å². The van der Waals surface area contributed by atoms with E-state index in [4.69, 9.17) is 23.8 Å². The largest absolute Gasteiger partial charge is 0.330 e. The summed E-state index contributed by atoms with van der Waals surface area (Å²) in [6.45, 7) is 3.70. The molecule has 4 aromatic rings. The van der Waals surface area contributed by atoms with E-state index in [1.807, 2.05) is 30.2 Å². The van der Waals surface area contributed by atoms with E-state index in [2.05, 4.69) is 25.9 Å². The van der Waals surface area contributed by atoms with Crippen molar-refractivity contribution in [3.8, 4) is 0 Å². The lowest BCUT2D eigenvalue weighted by Gasteiger charge is -2.07. The molecule has 1 aromatic carbocycles. The molecule has 0 bridgehead atoms. The van der Waals surface area contributed by atoms with Gasteiger partial charge in [-0.2, -0.15) is 15.3 Å². The SMILES string of the molecule is CCn1cc(Cn2cc(NC(=S)Nc3ccn(Cc4c(F)cccc4Cl)n3)cn2)cn1. The predicted molar refractivity (Wildman–Crippen MR) is 122 cm³/mol. The van der Waals surface area contributed by atoms with Gasteiger partial charge in [0, 0.05) is 47.4 Å². The fourth-order valence-electron chi connectivity index (χ4n) is 3.00. The Balaban J connectivity index is 1.33. The normalized spacial score (nSPS) is 10.9. The Morgan fingerprint density at radius 1 is 1.06 bits per heavy atom. The second-order valence-electron chi connectivity index (χ2n) is 6.81. The number of hydrogen-bond donors (Lipinski definition) is 2. The van der Waals surface area contributed by atoms with Gasteiger partial charge in [-0.1, -0.05) is 17.7 Å². The lowest BCUT2D eigenvalue weighted by atomic mass is 10.2. The molecule has 11 heteroatoms. The van der Waals surface area contributed by atoms with Gasteiger partial charge in [-0.15, -0.1) is 0 Å². The van der Waals surface area contributed by atoms with Crippen LogP contribution < -0.4 is 10.6 Å². The van der Waals surface area contributed by atoms with Crippen LogP contribution in [0.2, 0.25) is 5.02 Å². The van der Waals surface area contributed by atoms with Crippen LogP contribution in [0.4, 0.5) is 15.9 Å². The zero-order valence-electron chi connectivity index (χ0n) is 16.7. The first-order chi connectivity index (χ1) is 15.0. The highest BCUT2D eigenvalue weighted by atomic mass is 35.5. The summed E-state index contributed by atoms with van der Waals surface area (Å²) >= 11 is 11.4. The first-order valence-corrected chi connectivity index (χ1v) is 10.4. The van der Waals surface area contributed by atoms with Crippen LogP contribution in [0.25, 0.3) is 0 Å². The van der Waals surface area contributed by atoms with Crippen LogP contribution in [0, 0.1) is 5.82 Å². The Bertz CT molecular complexity index is 1180. The summed E-state index contributed by atoms with van der Waals surface area (Å²) in [7, 11) is 0. The van der Waals surface area contributed by atoms with Crippen LogP contribution in [0.5, 0.6) is 0 Å². The fraction of sp³-hybridized carbons (Fsp3) is 0.200. The van der Waals surface area contributed by atoms with Gasteiger partial charge in [0.1, 0.15) is 5.82 Å². The van der Waals surface area contributed by atoms with Crippen molar-refractivity contribution in [2.24, 2.45) is 0 Å². The molecule has 0 fully saturated rings. The van der Waals surface area contributed by atoms with Gasteiger partial charge in [-0.05, 0) is 31.3 Å². The summed E-state index contributed by atoms with van der Waals surface area (Å²) < 4.78 is 19.2. The minimum atomic E-state index is -0.367. The number of hydrogen-bond acceptors (Lipinski definition) is 4. The predicted octanol–water partition coefficient (Wildman–Crippen LogP) is 3.99. The van der Waals surface area contributed by atoms with Gasteiger partial charge in [0.05, 0.1) is 31.2 Å². The van der Waals surface area contributed by atoms with E-state index in [0.717, 1.165) is 17.8 Å². The van der Waals surface area contributed by atoms with Crippen molar-refractivity contribution in [3.63, 3.8) is 0 Å². The highest BCUT2D eigenvalue weighted by Gasteiger charge is 2.10. The quantitative estimate of drug-likeness (QED) is 0.408. The van der Waals surface area contributed by atoms with E-state index in [0.29, 0.717) is 28.1 Å². The standard InChI is InChI=1S/C20H20ClFN8S/c1-2-28-10-14(8-23-28)11-30-12-15(9-24-30)25-20(31)26-19-6-7-29(27-19)13-16-17(21)4-3-5-18(16)22/h3-10,12H,2,11,13H2,1H3,(H2,25,26,27,31). The van der Waals surface area contributed by atoms with Crippen LogP contribution in [0.3, 0.4) is 0 Å². The van der Waals surface area contributed by atoms with Crippen LogP contribution >= 0.6 is 23.8 Å². The average molecular weight is 459 g/mol. The zero-order valence-corrected chi connectivity index (χ0v) is 18.2. The van der Waals surface area contributed by atoms with Crippen molar-refractivity contribution in [1.29, 1.82) is 0 Å². The van der Waals surface area contributed by atoms with Gasteiger partial charge in [0.15, 0.2) is 10.9 Å². The fourth-order valence-corrected chi connectivity index (χ4v) is 3.45. The topological polar surface area (TPSA) is 77.5 Å². The summed E-state index contributed by atoms with van der Waals surface area (Å²) in [5.41, 5.74) is 2.20. The second-order valence-corrected chi connectivity index (χ2v) is 7.62. The average Bonchev–Trinajstić information content (AvgIpc) is 3.47. The summed E-state index contributed by atoms with van der Waals surface area (Å²) in [6, 6.07) is 6.34. The van der Waals surface area contributed by atoms with Gasteiger partial charge in [0.2, 0.25) is 0 Å². The first kappa shape index (κ1) is 21.0. The van der Waals surface area contributed by atoms with Gasteiger partial charge in [0.25, 0.3) is 0 Å². The molecule has 4 rings (SSSR count). The molecule has 2 N–H and O–H groups in total. The van der Waals surface area contributed by atoms with Crippen LogP contribution in [-0.2, 0) is 19.6 Å². The zero-order chi connectivity index (χ0) is 21.8. The van der Waals surface area contributed by atoms with Crippen LogP contribution in [0.1, 0.15) is 18.1 Å². The molecule has 3 heterocycles. The third kappa shape index (κ3) is 5.28. The van der Waals surface area contributed by atoms with Crippen molar-refractivity contribution >= 4 is 40.4 Å². The van der Waals surface area contributed by atoms with E-state index < -0.39 is 0 Å². The lowest BCUT2D eigenvalue weighted by Crippen LogP contribution is -2.19. The smallest absolute Gasteiger partial charge is 0.176 e. The minimum Gasteiger partial charge on any atom is -0.330 e. The summed E-state index contributed by atoms with van der Waals surface area (Å²) in [6.07, 6.45) is 9.09. The molecule has 160 valence electrons. The van der Waals surface area contributed by atoms with Crippen molar-refractivity contribution < 1.29 is 4.39 Å². The van der Waals surface area contributed by atoms with Gasteiger partial charge >= 0.3 is 0 Å². The molecule has 0 saturated heterocycles. The van der Waals surface area contributed by atoms with Crippen LogP contribution in [-0.4, -0.2) is 34.5 Å². The second kappa shape index (κ2) is 9.27. The Labute approximate surface area is 188 Å². The number of nitrogens with one attached hydrogen (secondary N) is 2. The highest BCUT2D eigenvalue weighted by Crippen LogP contribution is 2.20. The maximum atomic E-state index is 14.0. The molecule has 3 aromatic heterocycles. The number of nitrogens with zero attached hydrogens (tertiary/aromatic N) is 6. The van der Waals surface area contributed by atoms with Crippen molar-refractivity contribution in [2.75, 3.05) is 10.6 Å². The molecule has 0 saturated carbocycles. The van der Waals surface area contributed by atoms with E-state index in [1.54, 1.807) is 40.0 Å². The number of anilines is 2. The molecular weight excluding hydrogens is 439 g/mol. The van der Waals surface area contributed by atoms with Crippen LogP contribution in [0.15, 0.2) is 55.2 Å². The highest BCUT2D eigenvalue weighted by molar-refractivity contribution is 7.80. The number of thiocarbonyl (C=S) groups is 1. The number of halogens is 2. The molecule has 0 amide bonds. The van der Waals surface area contributed by atoms with E-state index in [1.165, 1.54) is 6.07 Å². The summed E-state index contributed by atoms with van der Waals surface area (Å²) in [4.78, 5) is 0. The van der Waals surface area contributed by atoms with Crippen molar-refractivity contribution in [3.05, 3.63) is 77.2 Å². The Kier molecular flexibility index (Phi) is 6.28. The Morgan fingerprint density at radius 3 is 2.68 bits per heavy atom. The monoisotopic (exact) mass is 458 g/mol. The molecule has 8 nitrogen and oxygen atoms in total. The van der Waals surface area contributed by atoms with E-state index >= 15 is 0 Å². The number of aryl methyl sites for hydroxylation is 1.